The highest BCUT2D eigenvalue weighted by molar-refractivity contribution is 6.30. The molecule has 18 heavy (non-hydrogen) atoms. The maximum atomic E-state index is 11.9. The van der Waals surface area contributed by atoms with Gasteiger partial charge in [0.05, 0.1) is 11.9 Å². The summed E-state index contributed by atoms with van der Waals surface area (Å²) in [6.07, 6.45) is 4.40. The highest BCUT2D eigenvalue weighted by Crippen LogP contribution is 2.17. The SMILES string of the molecule is Cc1cc(NC(=O)C(C)n2cncn2)cnc1Cl. The fourth-order valence-electron chi connectivity index (χ4n) is 1.41. The molecule has 0 fully saturated rings. The van der Waals surface area contributed by atoms with Gasteiger partial charge in [-0.05, 0) is 25.5 Å². The molecule has 2 heterocycles. The summed E-state index contributed by atoms with van der Waals surface area (Å²) < 4.78 is 1.48. The van der Waals surface area contributed by atoms with Gasteiger partial charge in [0.25, 0.3) is 0 Å². The van der Waals surface area contributed by atoms with Crippen molar-refractivity contribution >= 4 is 23.2 Å². The van der Waals surface area contributed by atoms with E-state index in [4.69, 9.17) is 11.6 Å². The lowest BCUT2D eigenvalue weighted by Crippen LogP contribution is -2.24. The van der Waals surface area contributed by atoms with Gasteiger partial charge in [-0.2, -0.15) is 5.10 Å². The van der Waals surface area contributed by atoms with Gasteiger partial charge in [0.1, 0.15) is 23.8 Å². The summed E-state index contributed by atoms with van der Waals surface area (Å²) in [6, 6.07) is 1.32. The second-order valence-electron chi connectivity index (χ2n) is 3.87. The van der Waals surface area contributed by atoms with Gasteiger partial charge in [-0.1, -0.05) is 11.6 Å². The molecule has 1 amide bonds. The van der Waals surface area contributed by atoms with E-state index in [9.17, 15) is 4.79 Å². The van der Waals surface area contributed by atoms with E-state index in [0.717, 1.165) is 5.56 Å². The van der Waals surface area contributed by atoms with E-state index >= 15 is 0 Å². The Bertz CT molecular complexity index is 555. The Morgan fingerprint density at radius 2 is 2.33 bits per heavy atom. The number of carbonyl (C=O) groups is 1. The number of anilines is 1. The van der Waals surface area contributed by atoms with Crippen molar-refractivity contribution in [2.45, 2.75) is 19.9 Å². The molecule has 0 saturated heterocycles. The molecule has 1 atom stereocenters. The number of rotatable bonds is 3. The van der Waals surface area contributed by atoms with Gasteiger partial charge in [0.15, 0.2) is 0 Å². The molecule has 2 aromatic rings. The van der Waals surface area contributed by atoms with Crippen LogP contribution in [-0.4, -0.2) is 25.7 Å². The van der Waals surface area contributed by atoms with E-state index in [1.165, 1.54) is 23.5 Å². The Balaban J connectivity index is 2.09. The van der Waals surface area contributed by atoms with Crippen LogP contribution in [0.15, 0.2) is 24.9 Å². The molecule has 0 bridgehead atoms. The average Bonchev–Trinajstić information content (AvgIpc) is 2.86. The van der Waals surface area contributed by atoms with Crippen LogP contribution < -0.4 is 5.32 Å². The van der Waals surface area contributed by atoms with Gasteiger partial charge in [-0.15, -0.1) is 0 Å². The molecule has 0 aliphatic carbocycles. The van der Waals surface area contributed by atoms with Gasteiger partial charge in [-0.3, -0.25) is 4.79 Å². The van der Waals surface area contributed by atoms with Crippen molar-refractivity contribution in [3.8, 4) is 0 Å². The van der Waals surface area contributed by atoms with E-state index in [2.05, 4.69) is 20.4 Å². The summed E-state index contributed by atoms with van der Waals surface area (Å²) in [5, 5.41) is 7.10. The van der Waals surface area contributed by atoms with Crippen molar-refractivity contribution in [1.82, 2.24) is 19.7 Å². The predicted octanol–water partition coefficient (Wildman–Crippen LogP) is 1.83. The smallest absolute Gasteiger partial charge is 0.249 e. The van der Waals surface area contributed by atoms with E-state index in [0.29, 0.717) is 10.8 Å². The van der Waals surface area contributed by atoms with Crippen LogP contribution in [0.25, 0.3) is 0 Å². The van der Waals surface area contributed by atoms with Crippen molar-refractivity contribution in [1.29, 1.82) is 0 Å². The highest BCUT2D eigenvalue weighted by atomic mass is 35.5. The number of hydrogen-bond donors (Lipinski definition) is 1. The van der Waals surface area contributed by atoms with Crippen LogP contribution in [-0.2, 0) is 4.79 Å². The highest BCUT2D eigenvalue weighted by Gasteiger charge is 2.15. The Hall–Kier alpha value is -1.95. The fourth-order valence-corrected chi connectivity index (χ4v) is 1.51. The number of amides is 1. The van der Waals surface area contributed by atoms with Crippen LogP contribution in [0.4, 0.5) is 5.69 Å². The molecule has 1 unspecified atom stereocenters. The molecule has 1 N–H and O–H groups in total. The Morgan fingerprint density at radius 1 is 1.56 bits per heavy atom. The first-order chi connectivity index (χ1) is 8.58. The molecule has 0 saturated carbocycles. The largest absolute Gasteiger partial charge is 0.323 e. The third-order valence-electron chi connectivity index (χ3n) is 2.49. The summed E-state index contributed by atoms with van der Waals surface area (Å²) in [7, 11) is 0. The Labute approximate surface area is 109 Å². The normalized spacial score (nSPS) is 12.2. The van der Waals surface area contributed by atoms with Crippen molar-refractivity contribution in [3.63, 3.8) is 0 Å². The van der Waals surface area contributed by atoms with Gasteiger partial charge in [-0.25, -0.2) is 14.6 Å². The minimum Gasteiger partial charge on any atom is -0.323 e. The average molecular weight is 266 g/mol. The number of carbonyl (C=O) groups excluding carboxylic acids is 1. The third-order valence-corrected chi connectivity index (χ3v) is 2.89. The van der Waals surface area contributed by atoms with Crippen LogP contribution in [0.2, 0.25) is 5.15 Å². The summed E-state index contributed by atoms with van der Waals surface area (Å²) >= 11 is 5.81. The topological polar surface area (TPSA) is 72.7 Å². The monoisotopic (exact) mass is 265 g/mol. The van der Waals surface area contributed by atoms with Crippen LogP contribution in [0.1, 0.15) is 18.5 Å². The fraction of sp³-hybridized carbons (Fsp3) is 0.273. The maximum absolute atomic E-state index is 11.9. The van der Waals surface area contributed by atoms with Crippen molar-refractivity contribution in [2.24, 2.45) is 0 Å². The number of aromatic nitrogens is 4. The number of nitrogens with zero attached hydrogens (tertiary/aromatic N) is 4. The van der Waals surface area contributed by atoms with E-state index < -0.39 is 6.04 Å². The molecule has 2 aromatic heterocycles. The second kappa shape index (κ2) is 5.14. The minimum absolute atomic E-state index is 0.191. The lowest BCUT2D eigenvalue weighted by Gasteiger charge is -2.12. The summed E-state index contributed by atoms with van der Waals surface area (Å²) in [5.74, 6) is -0.191. The lowest BCUT2D eigenvalue weighted by molar-refractivity contribution is -0.119. The molecule has 7 heteroatoms. The Kier molecular flexibility index (Phi) is 3.57. The summed E-state index contributed by atoms with van der Waals surface area (Å²) in [4.78, 5) is 19.7. The molecular weight excluding hydrogens is 254 g/mol. The van der Waals surface area contributed by atoms with Crippen LogP contribution in [0.5, 0.6) is 0 Å². The zero-order valence-corrected chi connectivity index (χ0v) is 10.7. The summed E-state index contributed by atoms with van der Waals surface area (Å²) in [5.41, 5.74) is 1.41. The van der Waals surface area contributed by atoms with E-state index in [1.54, 1.807) is 13.0 Å². The number of aryl methyl sites for hydroxylation is 1. The number of pyridine rings is 1. The molecule has 0 aromatic carbocycles. The van der Waals surface area contributed by atoms with Gasteiger partial charge < -0.3 is 5.32 Å². The zero-order chi connectivity index (χ0) is 13.1. The predicted molar refractivity (Wildman–Crippen MR) is 67.3 cm³/mol. The molecule has 94 valence electrons. The lowest BCUT2D eigenvalue weighted by atomic mass is 10.2. The van der Waals surface area contributed by atoms with Gasteiger partial charge >= 0.3 is 0 Å². The first-order valence-corrected chi connectivity index (χ1v) is 5.73. The van der Waals surface area contributed by atoms with Crippen molar-refractivity contribution in [2.75, 3.05) is 5.32 Å². The van der Waals surface area contributed by atoms with E-state index in [1.807, 2.05) is 6.92 Å². The number of nitrogens with one attached hydrogen (secondary N) is 1. The molecule has 2 rings (SSSR count). The van der Waals surface area contributed by atoms with Crippen LogP contribution in [0, 0.1) is 6.92 Å². The summed E-state index contributed by atoms with van der Waals surface area (Å²) in [6.45, 7) is 3.56. The first-order valence-electron chi connectivity index (χ1n) is 5.35. The zero-order valence-electron chi connectivity index (χ0n) is 9.96. The van der Waals surface area contributed by atoms with Crippen LogP contribution >= 0.6 is 11.6 Å². The third kappa shape index (κ3) is 2.65. The standard InChI is InChI=1S/C11H12ClN5O/c1-7-3-9(4-14-10(7)12)16-11(18)8(2)17-6-13-5-15-17/h3-6,8H,1-2H3,(H,16,18). The van der Waals surface area contributed by atoms with Crippen molar-refractivity contribution < 1.29 is 4.79 Å². The quantitative estimate of drug-likeness (QED) is 0.860. The Morgan fingerprint density at radius 3 is 2.94 bits per heavy atom. The molecule has 0 aliphatic rings. The molecule has 6 nitrogen and oxygen atoms in total. The maximum Gasteiger partial charge on any atom is 0.249 e. The molecular formula is C11H12ClN5O. The minimum atomic E-state index is -0.441. The van der Waals surface area contributed by atoms with E-state index in [-0.39, 0.29) is 5.91 Å². The number of halogens is 1. The molecule has 0 spiro atoms. The van der Waals surface area contributed by atoms with Crippen LogP contribution in [0.3, 0.4) is 0 Å². The molecule has 0 aliphatic heterocycles. The van der Waals surface area contributed by atoms with Crippen molar-refractivity contribution in [3.05, 3.63) is 35.6 Å². The van der Waals surface area contributed by atoms with Gasteiger partial charge in [0.2, 0.25) is 5.91 Å². The van der Waals surface area contributed by atoms with Gasteiger partial charge in [0, 0.05) is 0 Å². The first kappa shape index (κ1) is 12.5. The molecule has 0 radical (unpaired) electrons. The second-order valence-corrected chi connectivity index (χ2v) is 4.23. The number of hydrogen-bond acceptors (Lipinski definition) is 4.